The number of nitrogens with zero attached hydrogens (tertiary/aromatic N) is 1. The van der Waals surface area contributed by atoms with Crippen LogP contribution < -0.4 is 4.18 Å². The molecule has 0 aliphatic rings. The molecular formula is C19H21Cl2NO4S. The highest BCUT2D eigenvalue weighted by Gasteiger charge is 2.20. The maximum absolute atomic E-state index is 13.0. The van der Waals surface area contributed by atoms with Crippen molar-refractivity contribution in [1.29, 1.82) is 0 Å². The average Bonchev–Trinajstić information content (AvgIpc) is 2.53. The summed E-state index contributed by atoms with van der Waals surface area (Å²) in [5.41, 5.74) is 1.23. The lowest BCUT2D eigenvalue weighted by atomic mass is 10.1. The zero-order valence-corrected chi connectivity index (χ0v) is 17.6. The predicted molar refractivity (Wildman–Crippen MR) is 108 cm³/mol. The lowest BCUT2D eigenvalue weighted by molar-refractivity contribution is 0.0723. The molecule has 146 valence electrons. The number of hydrogen-bond donors (Lipinski definition) is 0. The van der Waals surface area contributed by atoms with Gasteiger partial charge in [-0.25, -0.2) is 0 Å². The van der Waals surface area contributed by atoms with Crippen LogP contribution in [0.3, 0.4) is 0 Å². The number of carbonyl (C=O) groups is 1. The molecule has 0 N–H and O–H groups in total. The molecule has 0 bridgehead atoms. The van der Waals surface area contributed by atoms with E-state index in [-0.39, 0.29) is 17.6 Å². The molecule has 0 aliphatic heterocycles. The molecular weight excluding hydrogens is 409 g/mol. The molecule has 0 radical (unpaired) electrons. The Morgan fingerprint density at radius 3 is 2.26 bits per heavy atom. The van der Waals surface area contributed by atoms with E-state index in [1.807, 2.05) is 13.8 Å². The normalized spacial score (nSPS) is 11.5. The summed E-state index contributed by atoms with van der Waals surface area (Å²) in [6.45, 7) is 4.94. The fourth-order valence-electron chi connectivity index (χ4n) is 2.54. The van der Waals surface area contributed by atoms with Crippen molar-refractivity contribution in [3.05, 3.63) is 63.6 Å². The second kappa shape index (κ2) is 8.95. The highest BCUT2D eigenvalue weighted by molar-refractivity contribution is 7.86. The van der Waals surface area contributed by atoms with E-state index in [0.29, 0.717) is 28.7 Å². The molecule has 0 spiro atoms. The summed E-state index contributed by atoms with van der Waals surface area (Å²) in [7, 11) is -3.58. The minimum Gasteiger partial charge on any atom is -0.383 e. The molecule has 0 atom stereocenters. The van der Waals surface area contributed by atoms with E-state index in [1.165, 1.54) is 0 Å². The first-order chi connectivity index (χ1) is 12.5. The second-order valence-corrected chi connectivity index (χ2v) is 9.05. The van der Waals surface area contributed by atoms with Gasteiger partial charge in [-0.3, -0.25) is 4.79 Å². The topological polar surface area (TPSA) is 63.7 Å². The van der Waals surface area contributed by atoms with Crippen molar-refractivity contribution in [3.8, 4) is 5.75 Å². The molecule has 2 aromatic rings. The van der Waals surface area contributed by atoms with E-state index >= 15 is 0 Å². The first-order valence-electron chi connectivity index (χ1n) is 8.28. The van der Waals surface area contributed by atoms with Gasteiger partial charge >= 0.3 is 10.1 Å². The van der Waals surface area contributed by atoms with Crippen molar-refractivity contribution in [2.45, 2.75) is 20.4 Å². The minimum absolute atomic E-state index is 0.193. The largest absolute Gasteiger partial charge is 0.383 e. The van der Waals surface area contributed by atoms with Crippen LogP contribution in [0.4, 0.5) is 0 Å². The lowest BCUT2D eigenvalue weighted by Crippen LogP contribution is -2.34. The summed E-state index contributed by atoms with van der Waals surface area (Å²) in [4.78, 5) is 14.7. The van der Waals surface area contributed by atoms with Gasteiger partial charge in [-0.05, 0) is 41.8 Å². The second-order valence-electron chi connectivity index (χ2n) is 6.64. The highest BCUT2D eigenvalue weighted by Crippen LogP contribution is 2.24. The van der Waals surface area contributed by atoms with Gasteiger partial charge in [-0.15, -0.1) is 0 Å². The Bertz CT molecular complexity index is 912. The summed E-state index contributed by atoms with van der Waals surface area (Å²) in [6, 6.07) is 11.4. The zero-order valence-electron chi connectivity index (χ0n) is 15.3. The molecule has 27 heavy (non-hydrogen) atoms. The van der Waals surface area contributed by atoms with E-state index < -0.39 is 10.1 Å². The predicted octanol–water partition coefficient (Wildman–Crippen LogP) is 4.63. The molecule has 2 rings (SSSR count). The number of amides is 1. The molecule has 0 aromatic heterocycles. The van der Waals surface area contributed by atoms with Crippen LogP contribution in [0.25, 0.3) is 0 Å². The molecule has 0 aliphatic carbocycles. The Labute approximate surface area is 170 Å². The monoisotopic (exact) mass is 429 g/mol. The highest BCUT2D eigenvalue weighted by atomic mass is 35.5. The molecule has 0 fully saturated rings. The maximum atomic E-state index is 13.0. The molecule has 0 saturated heterocycles. The molecule has 0 unspecified atom stereocenters. The van der Waals surface area contributed by atoms with Crippen molar-refractivity contribution >= 4 is 39.2 Å². The number of carbonyl (C=O) groups excluding carboxylic acids is 1. The van der Waals surface area contributed by atoms with Crippen LogP contribution in [-0.2, 0) is 16.7 Å². The van der Waals surface area contributed by atoms with E-state index in [0.717, 1.165) is 11.8 Å². The summed E-state index contributed by atoms with van der Waals surface area (Å²) in [5, 5.41) is 0.770. The third-order valence-electron chi connectivity index (χ3n) is 3.58. The van der Waals surface area contributed by atoms with Gasteiger partial charge in [0.15, 0.2) is 0 Å². The Morgan fingerprint density at radius 1 is 1.11 bits per heavy atom. The van der Waals surface area contributed by atoms with Crippen LogP contribution in [0.5, 0.6) is 5.75 Å². The van der Waals surface area contributed by atoms with Gasteiger partial charge in [0, 0.05) is 18.1 Å². The smallest absolute Gasteiger partial charge is 0.306 e. The van der Waals surface area contributed by atoms with Gasteiger partial charge in [0.1, 0.15) is 5.75 Å². The Hall–Kier alpha value is -1.76. The van der Waals surface area contributed by atoms with Crippen molar-refractivity contribution in [2.75, 3.05) is 12.8 Å². The number of hydrogen-bond acceptors (Lipinski definition) is 4. The third-order valence-corrected chi connectivity index (χ3v) is 4.62. The fourth-order valence-corrected chi connectivity index (χ4v) is 3.49. The quantitative estimate of drug-likeness (QED) is 0.601. The van der Waals surface area contributed by atoms with Crippen LogP contribution in [0, 0.1) is 5.92 Å². The maximum Gasteiger partial charge on any atom is 0.306 e. The summed E-state index contributed by atoms with van der Waals surface area (Å²) in [5.74, 6) is 0.290. The number of rotatable bonds is 7. The van der Waals surface area contributed by atoms with E-state index in [2.05, 4.69) is 0 Å². The average molecular weight is 430 g/mol. The van der Waals surface area contributed by atoms with Crippen LogP contribution in [0.15, 0.2) is 42.5 Å². The Balaban J connectivity index is 2.22. The van der Waals surface area contributed by atoms with Gasteiger partial charge < -0.3 is 9.08 Å². The van der Waals surface area contributed by atoms with Crippen LogP contribution in [0.2, 0.25) is 10.0 Å². The standard InChI is InChI=1S/C19H21Cl2NO4S/c1-13(2)11-22(19(23)17-9-6-15(20)10-18(17)21)12-14-4-7-16(8-5-14)26-27(3,24)25/h4-10,13H,11-12H2,1-3H3. The zero-order chi connectivity index (χ0) is 20.2. The molecule has 0 saturated carbocycles. The van der Waals surface area contributed by atoms with Crippen molar-refractivity contribution in [1.82, 2.24) is 4.90 Å². The fraction of sp³-hybridized carbons (Fsp3) is 0.316. The Kier molecular flexibility index (Phi) is 7.14. The molecule has 0 heterocycles. The summed E-state index contributed by atoms with van der Waals surface area (Å²) < 4.78 is 27.2. The van der Waals surface area contributed by atoms with Gasteiger partial charge in [-0.2, -0.15) is 8.42 Å². The van der Waals surface area contributed by atoms with Crippen molar-refractivity contribution < 1.29 is 17.4 Å². The van der Waals surface area contributed by atoms with E-state index in [9.17, 15) is 13.2 Å². The molecule has 5 nitrogen and oxygen atoms in total. The van der Waals surface area contributed by atoms with Gasteiger partial charge in [-0.1, -0.05) is 49.2 Å². The van der Waals surface area contributed by atoms with Crippen LogP contribution >= 0.6 is 23.2 Å². The van der Waals surface area contributed by atoms with Crippen LogP contribution in [0.1, 0.15) is 29.8 Å². The molecule has 2 aromatic carbocycles. The summed E-state index contributed by atoms with van der Waals surface area (Å²) >= 11 is 12.1. The summed E-state index contributed by atoms with van der Waals surface area (Å²) in [6.07, 6.45) is 0.986. The van der Waals surface area contributed by atoms with Crippen molar-refractivity contribution in [2.24, 2.45) is 5.92 Å². The van der Waals surface area contributed by atoms with Crippen LogP contribution in [-0.4, -0.2) is 32.0 Å². The lowest BCUT2D eigenvalue weighted by Gasteiger charge is -2.25. The first kappa shape index (κ1) is 21.5. The SMILES string of the molecule is CC(C)CN(Cc1ccc(OS(C)(=O)=O)cc1)C(=O)c1ccc(Cl)cc1Cl. The van der Waals surface area contributed by atoms with Crippen molar-refractivity contribution in [3.63, 3.8) is 0 Å². The minimum atomic E-state index is -3.58. The molecule has 8 heteroatoms. The molecule has 1 amide bonds. The van der Waals surface area contributed by atoms with Gasteiger partial charge in [0.2, 0.25) is 0 Å². The number of halogens is 2. The van der Waals surface area contributed by atoms with E-state index in [1.54, 1.807) is 47.4 Å². The van der Waals surface area contributed by atoms with E-state index in [4.69, 9.17) is 27.4 Å². The first-order valence-corrected chi connectivity index (χ1v) is 10.8. The number of benzene rings is 2. The third kappa shape index (κ3) is 6.72. The van der Waals surface area contributed by atoms with Gasteiger partial charge in [0.05, 0.1) is 16.8 Å². The van der Waals surface area contributed by atoms with Gasteiger partial charge in [0.25, 0.3) is 5.91 Å². The Morgan fingerprint density at radius 2 is 1.74 bits per heavy atom.